The van der Waals surface area contributed by atoms with Crippen LogP contribution in [0.3, 0.4) is 0 Å². The first-order valence-corrected chi connectivity index (χ1v) is 11.7. The van der Waals surface area contributed by atoms with Crippen LogP contribution in [-0.4, -0.2) is 21.0 Å². The highest BCUT2D eigenvalue weighted by Crippen LogP contribution is 2.79. The van der Waals surface area contributed by atoms with E-state index in [2.05, 4.69) is 41.5 Å². The zero-order valence-electron chi connectivity index (χ0n) is 16.1. The van der Waals surface area contributed by atoms with Crippen LogP contribution in [0.5, 0.6) is 0 Å². The normalized spacial score (nSPS) is 56.5. The number of hydrogen-bond donors (Lipinski definition) is 4. The maximum atomic E-state index is 5.36. The molecule has 4 saturated carbocycles. The first kappa shape index (κ1) is 20.1. The summed E-state index contributed by atoms with van der Waals surface area (Å²) in [6.07, 6.45) is 4.80. The fourth-order valence-corrected chi connectivity index (χ4v) is 10.4. The molecule has 4 rings (SSSR count). The number of thiol groups is 4. The Labute approximate surface area is 171 Å². The quantitative estimate of drug-likeness (QED) is 0.401. The van der Waals surface area contributed by atoms with Gasteiger partial charge in [0, 0.05) is 21.0 Å². The average Bonchev–Trinajstić information content (AvgIpc) is 2.45. The van der Waals surface area contributed by atoms with E-state index in [0.29, 0.717) is 32.8 Å². The molecule has 0 aromatic heterocycles. The second kappa shape index (κ2) is 5.95. The van der Waals surface area contributed by atoms with Crippen LogP contribution in [0.25, 0.3) is 0 Å². The Bertz CT molecular complexity index is 476. The van der Waals surface area contributed by atoms with Gasteiger partial charge < -0.3 is 0 Å². The molecule has 4 bridgehead atoms. The molecule has 4 aliphatic rings. The van der Waals surface area contributed by atoms with Crippen LogP contribution in [0.15, 0.2) is 0 Å². The van der Waals surface area contributed by atoms with E-state index in [1.165, 1.54) is 25.7 Å². The van der Waals surface area contributed by atoms with Gasteiger partial charge in [0.25, 0.3) is 0 Å². The Balaban J connectivity index is 2.21. The zero-order valence-corrected chi connectivity index (χ0v) is 19.7. The van der Waals surface area contributed by atoms with Crippen LogP contribution in [0.4, 0.5) is 0 Å². The molecule has 0 saturated heterocycles. The molecule has 4 heteroatoms. The van der Waals surface area contributed by atoms with E-state index in [-0.39, 0.29) is 21.7 Å². The van der Waals surface area contributed by atoms with Crippen LogP contribution in [-0.2, 0) is 0 Å². The minimum Gasteiger partial charge on any atom is -0.175 e. The molecule has 0 nitrogen and oxygen atoms in total. The highest BCUT2D eigenvalue weighted by molar-refractivity contribution is 7.83. The van der Waals surface area contributed by atoms with E-state index in [1.807, 2.05) is 0 Å². The summed E-state index contributed by atoms with van der Waals surface area (Å²) in [6, 6.07) is 0. The summed E-state index contributed by atoms with van der Waals surface area (Å²) in [4.78, 5) is 0. The topological polar surface area (TPSA) is 0 Å². The first-order chi connectivity index (χ1) is 10.9. The highest BCUT2D eigenvalue weighted by atomic mass is 32.1. The lowest BCUT2D eigenvalue weighted by Gasteiger charge is -2.79. The Morgan fingerprint density at radius 3 is 1.29 bits per heavy atom. The van der Waals surface area contributed by atoms with Gasteiger partial charge in [-0.15, -0.1) is 0 Å². The van der Waals surface area contributed by atoms with Crippen LogP contribution in [0.1, 0.15) is 67.2 Å². The third kappa shape index (κ3) is 2.30. The van der Waals surface area contributed by atoms with E-state index in [9.17, 15) is 0 Å². The van der Waals surface area contributed by atoms with Gasteiger partial charge in [0.15, 0.2) is 0 Å². The molecule has 0 heterocycles. The SMILES string of the molecule is CC(C)CC12CC3(C)C(S)C(C)(CC(CC(C)C)(C3S)C1S)C2S. The van der Waals surface area contributed by atoms with Crippen molar-refractivity contribution in [2.24, 2.45) is 33.5 Å². The molecular formula is C20H36S4. The Hall–Kier alpha value is 1.40. The standard InChI is InChI=1S/C20H36S4/c1-11(2)7-19-9-17(5)13(21)18(6,14(19)22)10-20(15(17)23,16(19)24)8-12(3)4/h11-16,21-24H,7-10H2,1-6H3. The van der Waals surface area contributed by atoms with Crippen molar-refractivity contribution in [1.82, 2.24) is 0 Å². The summed E-state index contributed by atoms with van der Waals surface area (Å²) in [6.45, 7) is 14.4. The minimum atomic E-state index is 0.168. The predicted octanol–water partition coefficient (Wildman–Crippen LogP) is 6.08. The molecule has 6 unspecified atom stereocenters. The summed E-state index contributed by atoms with van der Waals surface area (Å²) in [5, 5.41) is 1.52. The molecule has 0 spiro atoms. The summed E-state index contributed by atoms with van der Waals surface area (Å²) in [5.74, 6) is 1.34. The Kier molecular flexibility index (Phi) is 4.99. The van der Waals surface area contributed by atoms with Gasteiger partial charge in [0.1, 0.15) is 0 Å². The maximum absolute atomic E-state index is 5.36. The third-order valence-corrected chi connectivity index (χ3v) is 12.1. The van der Waals surface area contributed by atoms with Gasteiger partial charge in [-0.25, -0.2) is 0 Å². The van der Waals surface area contributed by atoms with Gasteiger partial charge in [-0.1, -0.05) is 41.5 Å². The molecule has 0 aromatic rings. The van der Waals surface area contributed by atoms with Crippen molar-refractivity contribution in [3.05, 3.63) is 0 Å². The van der Waals surface area contributed by atoms with Crippen molar-refractivity contribution >= 4 is 50.5 Å². The summed E-state index contributed by atoms with van der Waals surface area (Å²) >= 11 is 21.1. The monoisotopic (exact) mass is 404 g/mol. The minimum absolute atomic E-state index is 0.168. The molecule has 0 radical (unpaired) electrons. The van der Waals surface area contributed by atoms with E-state index in [0.717, 1.165) is 0 Å². The largest absolute Gasteiger partial charge is 0.175 e. The number of rotatable bonds is 4. The van der Waals surface area contributed by atoms with Gasteiger partial charge in [0.2, 0.25) is 0 Å². The van der Waals surface area contributed by atoms with Gasteiger partial charge in [-0.05, 0) is 59.2 Å². The lowest BCUT2D eigenvalue weighted by Crippen LogP contribution is -2.79. The summed E-state index contributed by atoms with van der Waals surface area (Å²) in [5.41, 5.74) is 0.744. The molecule has 0 aliphatic heterocycles. The van der Waals surface area contributed by atoms with Crippen LogP contribution in [0.2, 0.25) is 0 Å². The second-order valence-corrected chi connectivity index (χ2v) is 12.7. The zero-order chi connectivity index (χ0) is 18.3. The van der Waals surface area contributed by atoms with Crippen LogP contribution in [0, 0.1) is 33.5 Å². The smallest absolute Gasteiger partial charge is 0.0152 e. The van der Waals surface area contributed by atoms with E-state index in [1.54, 1.807) is 0 Å². The van der Waals surface area contributed by atoms with Crippen molar-refractivity contribution in [3.8, 4) is 0 Å². The molecule has 4 fully saturated rings. The van der Waals surface area contributed by atoms with E-state index >= 15 is 0 Å². The maximum Gasteiger partial charge on any atom is 0.0152 e. The van der Waals surface area contributed by atoms with Crippen molar-refractivity contribution in [2.45, 2.75) is 88.2 Å². The van der Waals surface area contributed by atoms with Crippen molar-refractivity contribution in [2.75, 3.05) is 0 Å². The van der Waals surface area contributed by atoms with Crippen LogP contribution >= 0.6 is 50.5 Å². The molecule has 6 atom stereocenters. The Morgan fingerprint density at radius 1 is 0.667 bits per heavy atom. The average molecular weight is 405 g/mol. The lowest BCUT2D eigenvalue weighted by molar-refractivity contribution is -0.173. The summed E-state index contributed by atoms with van der Waals surface area (Å²) < 4.78 is 0. The van der Waals surface area contributed by atoms with Crippen molar-refractivity contribution in [1.29, 1.82) is 0 Å². The van der Waals surface area contributed by atoms with Gasteiger partial charge in [-0.3, -0.25) is 0 Å². The number of hydrogen-bond acceptors (Lipinski definition) is 4. The molecule has 4 aliphatic carbocycles. The van der Waals surface area contributed by atoms with Gasteiger partial charge >= 0.3 is 0 Å². The fraction of sp³-hybridized carbons (Fsp3) is 1.00. The Morgan fingerprint density at radius 2 is 1.00 bits per heavy atom. The first-order valence-electron chi connectivity index (χ1n) is 9.59. The molecule has 0 N–H and O–H groups in total. The molecule has 24 heavy (non-hydrogen) atoms. The van der Waals surface area contributed by atoms with Crippen molar-refractivity contribution < 1.29 is 0 Å². The lowest BCUT2D eigenvalue weighted by atomic mass is 9.33. The highest BCUT2D eigenvalue weighted by Gasteiger charge is 2.78. The summed E-state index contributed by atoms with van der Waals surface area (Å²) in [7, 11) is 0. The van der Waals surface area contributed by atoms with Crippen LogP contribution < -0.4 is 0 Å². The van der Waals surface area contributed by atoms with E-state index in [4.69, 9.17) is 50.5 Å². The van der Waals surface area contributed by atoms with Crippen molar-refractivity contribution in [3.63, 3.8) is 0 Å². The van der Waals surface area contributed by atoms with Gasteiger partial charge in [0.05, 0.1) is 0 Å². The third-order valence-electron chi connectivity index (χ3n) is 7.67. The van der Waals surface area contributed by atoms with Gasteiger partial charge in [-0.2, -0.15) is 50.5 Å². The van der Waals surface area contributed by atoms with E-state index < -0.39 is 0 Å². The molecule has 140 valence electrons. The predicted molar refractivity (Wildman–Crippen MR) is 120 cm³/mol. The fourth-order valence-electron chi connectivity index (χ4n) is 7.54. The second-order valence-electron chi connectivity index (χ2n) is 10.6. The molecule has 0 aromatic carbocycles. The molecular weight excluding hydrogens is 368 g/mol. The molecule has 0 amide bonds.